The van der Waals surface area contributed by atoms with Crippen LogP contribution in [0.4, 0.5) is 52.7 Å². The number of aliphatic carboxylic acids is 2. The summed E-state index contributed by atoms with van der Waals surface area (Å²) < 4.78 is 161. The lowest BCUT2D eigenvalue weighted by atomic mass is 9.86. The minimum atomic E-state index is -4.39. The molecule has 0 fully saturated rings. The first-order valence-electron chi connectivity index (χ1n) is 48.0. The summed E-state index contributed by atoms with van der Waals surface area (Å²) in [6, 6.07) is 78.3. The van der Waals surface area contributed by atoms with Gasteiger partial charge in [0.2, 0.25) is 0 Å². The lowest BCUT2D eigenvalue weighted by molar-refractivity contribution is -0.139. The third kappa shape index (κ3) is 40.8. The summed E-state index contributed by atoms with van der Waals surface area (Å²) in [6.07, 6.45) is -4.40. The van der Waals surface area contributed by atoms with Gasteiger partial charge in [0.15, 0.2) is 17.5 Å². The van der Waals surface area contributed by atoms with Gasteiger partial charge in [-0.1, -0.05) is 249 Å². The highest BCUT2D eigenvalue weighted by Gasteiger charge is 2.34. The molecular formula is C116H130F12N6O8. The number of rotatable bonds is 47. The lowest BCUT2D eigenvalue weighted by Crippen LogP contribution is -2.27. The van der Waals surface area contributed by atoms with Crippen molar-refractivity contribution in [3.8, 4) is 0 Å². The highest BCUT2D eigenvalue weighted by atomic mass is 19.4. The van der Waals surface area contributed by atoms with E-state index in [1.54, 1.807) is 82.3 Å². The van der Waals surface area contributed by atoms with Gasteiger partial charge in [-0.15, -0.1) is 0 Å². The van der Waals surface area contributed by atoms with E-state index in [4.69, 9.17) is 15.3 Å². The summed E-state index contributed by atoms with van der Waals surface area (Å²) >= 11 is 0. The van der Waals surface area contributed by atoms with Crippen LogP contribution in [0.3, 0.4) is 0 Å². The van der Waals surface area contributed by atoms with Crippen LogP contribution in [-0.2, 0) is 113 Å². The number of carboxylic acids is 4. The van der Waals surface area contributed by atoms with Crippen molar-refractivity contribution in [1.82, 2.24) is 30.7 Å². The Labute approximate surface area is 826 Å². The molecule has 142 heavy (non-hydrogen) atoms. The monoisotopic (exact) mass is 1960 g/mol. The Hall–Kier alpha value is -12.6. The van der Waals surface area contributed by atoms with Gasteiger partial charge in [0.25, 0.3) is 0 Å². The number of benzene rings is 12. The number of nitrogens with one attached hydrogen (secondary N) is 3. The van der Waals surface area contributed by atoms with Crippen LogP contribution in [0.15, 0.2) is 267 Å². The zero-order valence-corrected chi connectivity index (χ0v) is 81.8. The molecule has 0 aliphatic carbocycles. The van der Waals surface area contributed by atoms with Gasteiger partial charge < -0.3 is 36.4 Å². The van der Waals surface area contributed by atoms with Gasteiger partial charge in [-0.05, 0) is 281 Å². The van der Waals surface area contributed by atoms with Crippen molar-refractivity contribution in [1.29, 1.82) is 0 Å². The molecule has 2 atom stereocenters. The number of hydrogen-bond donors (Lipinski definition) is 7. The van der Waals surface area contributed by atoms with Crippen LogP contribution in [0, 0.1) is 58.0 Å². The summed E-state index contributed by atoms with van der Waals surface area (Å²) in [5.41, 5.74) is 16.5. The first-order valence-corrected chi connectivity index (χ1v) is 48.0. The molecule has 0 amide bonds. The number of halogens is 12. The van der Waals surface area contributed by atoms with Crippen LogP contribution in [0.1, 0.15) is 226 Å². The Kier molecular flexibility index (Phi) is 44.8. The van der Waals surface area contributed by atoms with E-state index >= 15 is 0 Å². The SMILES string of the molecule is Cc1cc(CC(CCCCCc2ccccc2)Cc2cccc(CC(=O)O)c2)cc(C(F)(F)F)c1.Cc1cc(CN(CCCNCc2ccc(C(C)C)cc2)Cc2ccc(C(=O)O)cc2)cc(C(F)(F)F)c1.Cc1ccc(CNCCCN(Cc2ccc(C(=O)O)cc2)Cc2cc(F)c(F)c(F)c2)cc1.Cc1ccc(CNCCCN(Cc2ccc(C(C)C(=O)O)cc2)Cc2cc(C)cc(C(F)(F)F)c2)cc1. The molecule has 0 aliphatic heterocycles. The molecule has 12 aromatic rings. The van der Waals surface area contributed by atoms with E-state index in [0.29, 0.717) is 110 Å². The molecule has 14 nitrogen and oxygen atoms in total. The summed E-state index contributed by atoms with van der Waals surface area (Å²) in [5.74, 6) is -7.59. The molecule has 0 aliphatic rings. The van der Waals surface area contributed by atoms with Crippen LogP contribution < -0.4 is 16.0 Å². The van der Waals surface area contributed by atoms with E-state index in [1.165, 1.54) is 81.4 Å². The van der Waals surface area contributed by atoms with Crippen LogP contribution >= 0.6 is 0 Å². The van der Waals surface area contributed by atoms with Crippen molar-refractivity contribution in [3.63, 3.8) is 0 Å². The van der Waals surface area contributed by atoms with Gasteiger partial charge in [-0.2, -0.15) is 39.5 Å². The van der Waals surface area contributed by atoms with E-state index in [1.807, 2.05) is 78.6 Å². The smallest absolute Gasteiger partial charge is 0.416 e. The molecule has 2 unspecified atom stereocenters. The Morgan fingerprint density at radius 2 is 0.669 bits per heavy atom. The molecule has 0 spiro atoms. The maximum atomic E-state index is 13.7. The average Bonchev–Trinajstić information content (AvgIpc) is 0.833. The minimum absolute atomic E-state index is 0.0369. The molecule has 0 saturated carbocycles. The fraction of sp³-hybridized carbons (Fsp3) is 0.345. The number of carbonyl (C=O) groups is 4. The van der Waals surface area contributed by atoms with E-state index in [9.17, 15) is 77.0 Å². The van der Waals surface area contributed by atoms with Crippen LogP contribution in [0.25, 0.3) is 0 Å². The number of unbranched alkanes of at least 4 members (excludes halogenated alkanes) is 2. The van der Waals surface area contributed by atoms with Crippen molar-refractivity contribution < 1.29 is 92.3 Å². The van der Waals surface area contributed by atoms with Gasteiger partial charge in [0.1, 0.15) is 0 Å². The maximum Gasteiger partial charge on any atom is 0.416 e. The second-order valence-corrected chi connectivity index (χ2v) is 37.1. The van der Waals surface area contributed by atoms with Crippen molar-refractivity contribution in [3.05, 3.63) is 423 Å². The van der Waals surface area contributed by atoms with Crippen LogP contribution in [-0.4, -0.2) is 98.3 Å². The molecule has 0 radical (unpaired) electrons. The fourth-order valence-corrected chi connectivity index (χ4v) is 16.8. The van der Waals surface area contributed by atoms with E-state index in [2.05, 4.69) is 131 Å². The molecule has 0 aromatic heterocycles. The van der Waals surface area contributed by atoms with Crippen molar-refractivity contribution in [2.24, 2.45) is 5.92 Å². The molecule has 7 N–H and O–H groups in total. The number of carboxylic acid groups (broad SMARTS) is 4. The van der Waals surface area contributed by atoms with Crippen molar-refractivity contribution in [2.75, 3.05) is 39.3 Å². The highest BCUT2D eigenvalue weighted by Crippen LogP contribution is 2.36. The van der Waals surface area contributed by atoms with Gasteiger partial charge in [-0.25, -0.2) is 22.8 Å². The standard InChI is InChI=1S/2C30H35F3N2O2.C30H33F3O2.C26H27F3N2O2/c1-21(2)26-9-5-23(6-10-26)18-34-13-4-14-35(19-24-7-11-27(12-8-24)29(36)37)20-25-15-22(3)16-28(17-25)30(31,32)33;1-21-5-7-24(8-6-21)18-34-13-4-14-35(19-25-9-11-27(12-10-25)23(3)29(36)37)20-26-15-22(2)16-28(17-26)30(31,32)33;1-22-15-27(20-28(16-22)30(31,32)33)19-24(12-7-3-6-11-23-9-4-2-5-10-23)17-25-13-8-14-26(18-25)21-29(34)35;1-18-3-5-19(6-4-18)15-30-11-2-12-31(16-20-7-9-22(10-8-20)26(32)33)17-21-13-23(27)25(29)24(28)14-21/h5-12,15-17,21,34H,4,13-14,18-20H2,1-3H3,(H,36,37);5-12,15-17,23,34H,4,13-14,18-20H2,1-3H3,(H,36,37);2,4-5,8-10,13-16,18,20,24H,3,6-7,11-12,17,19,21H2,1H3,(H,34,35);3-10,13-14,30H,2,11-12,15-17H2,1H3,(H,32,33). The molecule has 0 bridgehead atoms. The van der Waals surface area contributed by atoms with E-state index in [0.717, 1.165) is 142 Å². The van der Waals surface area contributed by atoms with Gasteiger partial charge in [-0.3, -0.25) is 24.3 Å². The number of hydrogen-bond acceptors (Lipinski definition) is 10. The second-order valence-electron chi connectivity index (χ2n) is 37.1. The van der Waals surface area contributed by atoms with E-state index in [-0.39, 0.29) is 30.0 Å². The first kappa shape index (κ1) is 113. The number of alkyl halides is 9. The third-order valence-corrected chi connectivity index (χ3v) is 24.3. The quantitative estimate of drug-likeness (QED) is 0.0108. The first-order chi connectivity index (χ1) is 67.5. The molecule has 0 saturated heterocycles. The van der Waals surface area contributed by atoms with E-state index < -0.39 is 82.5 Å². The van der Waals surface area contributed by atoms with Gasteiger partial charge in [0.05, 0.1) is 40.2 Å². The van der Waals surface area contributed by atoms with Crippen molar-refractivity contribution in [2.45, 2.75) is 215 Å². The minimum Gasteiger partial charge on any atom is -0.481 e. The zero-order chi connectivity index (χ0) is 103. The molecule has 0 heterocycles. The zero-order valence-electron chi connectivity index (χ0n) is 81.8. The fourth-order valence-electron chi connectivity index (χ4n) is 16.8. The highest BCUT2D eigenvalue weighted by molar-refractivity contribution is 5.88. The average molecular weight is 1960 g/mol. The Morgan fingerprint density at radius 3 is 1.06 bits per heavy atom. The van der Waals surface area contributed by atoms with Crippen molar-refractivity contribution >= 4 is 23.9 Å². The van der Waals surface area contributed by atoms with Gasteiger partial charge in [0, 0.05) is 78.5 Å². The Bertz CT molecular complexity index is 5900. The summed E-state index contributed by atoms with van der Waals surface area (Å²) in [5, 5.41) is 46.9. The molecule has 756 valence electrons. The molecule has 12 rings (SSSR count). The summed E-state index contributed by atoms with van der Waals surface area (Å²) in [4.78, 5) is 50.8. The second kappa shape index (κ2) is 56.3. The summed E-state index contributed by atoms with van der Waals surface area (Å²) in [6.45, 7) is 24.2. The third-order valence-electron chi connectivity index (χ3n) is 24.3. The van der Waals surface area contributed by atoms with Gasteiger partial charge >= 0.3 is 42.4 Å². The maximum absolute atomic E-state index is 13.7. The topological polar surface area (TPSA) is 195 Å². The molecule has 12 aromatic carbocycles. The van der Waals surface area contributed by atoms with Crippen LogP contribution in [0.5, 0.6) is 0 Å². The number of nitrogens with zero attached hydrogens (tertiary/aromatic N) is 3. The number of aromatic carboxylic acids is 2. The Balaban J connectivity index is 0.000000211. The largest absolute Gasteiger partial charge is 0.481 e. The summed E-state index contributed by atoms with van der Waals surface area (Å²) in [7, 11) is 0. The predicted molar refractivity (Wildman–Crippen MR) is 536 cm³/mol. The van der Waals surface area contributed by atoms with Crippen LogP contribution in [0.2, 0.25) is 0 Å². The number of aryl methyl sites for hydroxylation is 6. The molecular weight excluding hydrogens is 1830 g/mol. The molecule has 26 heteroatoms. The predicted octanol–water partition coefficient (Wildman–Crippen LogP) is 26.8. The Morgan fingerprint density at radius 1 is 0.324 bits per heavy atom. The lowest BCUT2D eigenvalue weighted by Gasteiger charge is -2.24. The normalized spacial score (nSPS) is 12.1.